The summed E-state index contributed by atoms with van der Waals surface area (Å²) < 4.78 is 0. The molecule has 0 bridgehead atoms. The Morgan fingerprint density at radius 2 is 1.65 bits per heavy atom. The van der Waals surface area contributed by atoms with Crippen LogP contribution >= 0.6 is 0 Å². The molecular formula is C31H33N7O2. The minimum absolute atomic E-state index is 0.125. The van der Waals surface area contributed by atoms with E-state index in [1.807, 2.05) is 79.0 Å². The number of fused-ring (bicyclic) bond motifs is 1. The molecule has 1 amide bonds. The standard InChI is InChI=1S/C31H33N7O2/c1-3-38(4-2)18-17-29(39)33-28(19-23-20-32-27-12-8-7-10-25(23)27)30(40)22-15-13-21(14-16-22)24-9-5-6-11-26(24)31-34-36-37-35-31/h5-16,20,28,32H,3-4,17-19H2,1-2H3,(H,33,39)(H,34,35,36,37). The van der Waals surface area contributed by atoms with Crippen LogP contribution in [-0.2, 0) is 11.2 Å². The van der Waals surface area contributed by atoms with Crippen LogP contribution in [0.2, 0.25) is 0 Å². The largest absolute Gasteiger partial charge is 0.361 e. The summed E-state index contributed by atoms with van der Waals surface area (Å²) in [5.41, 5.74) is 5.23. The molecule has 0 fully saturated rings. The number of carbonyl (C=O) groups is 2. The number of H-pyrrole nitrogens is 2. The molecule has 3 aromatic carbocycles. The zero-order chi connectivity index (χ0) is 27.9. The molecule has 204 valence electrons. The van der Waals surface area contributed by atoms with Gasteiger partial charge in [0.05, 0.1) is 6.04 Å². The number of benzene rings is 3. The van der Waals surface area contributed by atoms with E-state index < -0.39 is 6.04 Å². The molecule has 9 nitrogen and oxygen atoms in total. The summed E-state index contributed by atoms with van der Waals surface area (Å²) in [5.74, 6) is 0.247. The number of aromatic nitrogens is 5. The second-order valence-electron chi connectivity index (χ2n) is 9.68. The average molecular weight is 536 g/mol. The summed E-state index contributed by atoms with van der Waals surface area (Å²) in [6.07, 6.45) is 2.65. The van der Waals surface area contributed by atoms with E-state index in [1.54, 1.807) is 0 Å². The van der Waals surface area contributed by atoms with Crippen molar-refractivity contribution in [3.8, 4) is 22.5 Å². The second-order valence-corrected chi connectivity index (χ2v) is 9.68. The minimum Gasteiger partial charge on any atom is -0.361 e. The van der Waals surface area contributed by atoms with Crippen LogP contribution in [0.5, 0.6) is 0 Å². The molecule has 5 aromatic rings. The first-order chi connectivity index (χ1) is 19.6. The lowest BCUT2D eigenvalue weighted by atomic mass is 9.94. The van der Waals surface area contributed by atoms with Crippen LogP contribution < -0.4 is 5.32 Å². The first kappa shape index (κ1) is 27.0. The summed E-state index contributed by atoms with van der Waals surface area (Å²) in [5, 5.41) is 18.5. The van der Waals surface area contributed by atoms with Gasteiger partial charge in [0.2, 0.25) is 11.7 Å². The summed E-state index contributed by atoms with van der Waals surface area (Å²) in [6.45, 7) is 6.57. The van der Waals surface area contributed by atoms with Gasteiger partial charge in [0.25, 0.3) is 0 Å². The quantitative estimate of drug-likeness (QED) is 0.200. The first-order valence-electron chi connectivity index (χ1n) is 13.6. The summed E-state index contributed by atoms with van der Waals surface area (Å²) in [6, 6.07) is 22.5. The number of rotatable bonds is 12. The molecule has 3 N–H and O–H groups in total. The third-order valence-electron chi connectivity index (χ3n) is 7.29. The number of aromatic amines is 2. The summed E-state index contributed by atoms with van der Waals surface area (Å²) in [7, 11) is 0. The molecule has 0 radical (unpaired) electrons. The maximum absolute atomic E-state index is 13.8. The molecular weight excluding hydrogens is 502 g/mol. The van der Waals surface area contributed by atoms with Crippen LogP contribution in [0, 0.1) is 0 Å². The first-order valence-corrected chi connectivity index (χ1v) is 13.6. The van der Waals surface area contributed by atoms with Gasteiger partial charge in [-0.2, -0.15) is 5.21 Å². The predicted octanol–water partition coefficient (Wildman–Crippen LogP) is 4.66. The van der Waals surface area contributed by atoms with E-state index in [0.717, 1.165) is 46.2 Å². The van der Waals surface area contributed by atoms with E-state index >= 15 is 0 Å². The van der Waals surface area contributed by atoms with E-state index in [9.17, 15) is 9.59 Å². The highest BCUT2D eigenvalue weighted by atomic mass is 16.2. The van der Waals surface area contributed by atoms with Gasteiger partial charge in [0, 0.05) is 47.6 Å². The van der Waals surface area contributed by atoms with Gasteiger partial charge in [0.1, 0.15) is 0 Å². The number of hydrogen-bond acceptors (Lipinski definition) is 6. The van der Waals surface area contributed by atoms with Crippen LogP contribution in [0.15, 0.2) is 79.0 Å². The number of Topliss-reactive ketones (excluding diaryl/α,β-unsaturated/α-hetero) is 1. The van der Waals surface area contributed by atoms with Crippen molar-refractivity contribution in [2.45, 2.75) is 32.7 Å². The number of tetrazole rings is 1. The lowest BCUT2D eigenvalue weighted by Gasteiger charge is -2.21. The van der Waals surface area contributed by atoms with E-state index in [4.69, 9.17) is 0 Å². The second kappa shape index (κ2) is 12.5. The number of nitrogens with one attached hydrogen (secondary N) is 3. The van der Waals surface area contributed by atoms with Crippen LogP contribution in [0.25, 0.3) is 33.4 Å². The van der Waals surface area contributed by atoms with Gasteiger partial charge >= 0.3 is 0 Å². The van der Waals surface area contributed by atoms with E-state index in [0.29, 0.717) is 30.8 Å². The Balaban J connectivity index is 1.39. The molecule has 0 aliphatic rings. The highest BCUT2D eigenvalue weighted by Gasteiger charge is 2.24. The molecule has 0 aliphatic heterocycles. The highest BCUT2D eigenvalue weighted by Crippen LogP contribution is 2.30. The molecule has 5 rings (SSSR count). The number of ketones is 1. The van der Waals surface area contributed by atoms with E-state index in [-0.39, 0.29) is 11.7 Å². The van der Waals surface area contributed by atoms with E-state index in [1.165, 1.54) is 0 Å². The van der Waals surface area contributed by atoms with Crippen molar-refractivity contribution < 1.29 is 9.59 Å². The van der Waals surface area contributed by atoms with Crippen LogP contribution in [0.4, 0.5) is 0 Å². The molecule has 1 atom stereocenters. The highest BCUT2D eigenvalue weighted by molar-refractivity contribution is 6.03. The molecule has 9 heteroatoms. The topological polar surface area (TPSA) is 120 Å². The predicted molar refractivity (Wildman–Crippen MR) is 156 cm³/mol. The molecule has 1 unspecified atom stereocenters. The van der Waals surface area contributed by atoms with Crippen molar-refractivity contribution >= 4 is 22.6 Å². The molecule has 0 saturated heterocycles. The fourth-order valence-electron chi connectivity index (χ4n) is 5.02. The van der Waals surface area contributed by atoms with Crippen LogP contribution in [0.1, 0.15) is 36.2 Å². The van der Waals surface area contributed by atoms with Crippen molar-refractivity contribution in [1.29, 1.82) is 0 Å². The van der Waals surface area contributed by atoms with Crippen molar-refractivity contribution in [3.05, 3.63) is 90.1 Å². The van der Waals surface area contributed by atoms with Gasteiger partial charge in [-0.1, -0.05) is 80.6 Å². The summed E-state index contributed by atoms with van der Waals surface area (Å²) >= 11 is 0. The van der Waals surface area contributed by atoms with Crippen LogP contribution in [-0.4, -0.2) is 67.9 Å². The maximum Gasteiger partial charge on any atom is 0.221 e. The maximum atomic E-state index is 13.8. The lowest BCUT2D eigenvalue weighted by Crippen LogP contribution is -2.43. The number of carbonyl (C=O) groups excluding carboxylic acids is 2. The van der Waals surface area contributed by atoms with Gasteiger partial charge < -0.3 is 15.2 Å². The van der Waals surface area contributed by atoms with Crippen molar-refractivity contribution in [3.63, 3.8) is 0 Å². The smallest absolute Gasteiger partial charge is 0.221 e. The number of amides is 1. The molecule has 0 aliphatic carbocycles. The zero-order valence-electron chi connectivity index (χ0n) is 22.7. The lowest BCUT2D eigenvalue weighted by molar-refractivity contribution is -0.121. The third kappa shape index (κ3) is 6.00. The Bertz CT molecular complexity index is 1570. The Morgan fingerprint density at radius 3 is 2.38 bits per heavy atom. The Labute approximate surface area is 233 Å². The van der Waals surface area contributed by atoms with Gasteiger partial charge in [-0.25, -0.2) is 0 Å². The normalized spacial score (nSPS) is 12.1. The molecule has 2 heterocycles. The Kier molecular flexibility index (Phi) is 8.41. The van der Waals surface area contributed by atoms with Crippen LogP contribution in [0.3, 0.4) is 0 Å². The SMILES string of the molecule is CCN(CC)CCC(=O)NC(Cc1c[nH]c2ccccc12)C(=O)c1ccc(-c2ccccc2-c2nn[nH]n2)cc1. The van der Waals surface area contributed by atoms with E-state index in [2.05, 4.69) is 49.7 Å². The van der Waals surface area contributed by atoms with Gasteiger partial charge in [-0.15, -0.1) is 10.2 Å². The van der Waals surface area contributed by atoms with Gasteiger partial charge in [0.15, 0.2) is 5.78 Å². The van der Waals surface area contributed by atoms with Crippen molar-refractivity contribution in [1.82, 2.24) is 35.8 Å². The number of nitrogens with zero attached hydrogens (tertiary/aromatic N) is 4. The number of hydrogen-bond donors (Lipinski definition) is 3. The molecule has 0 saturated carbocycles. The van der Waals surface area contributed by atoms with Crippen molar-refractivity contribution in [2.75, 3.05) is 19.6 Å². The number of para-hydroxylation sites is 1. The molecule has 2 aromatic heterocycles. The Hall–Kier alpha value is -4.63. The molecule has 40 heavy (non-hydrogen) atoms. The zero-order valence-corrected chi connectivity index (χ0v) is 22.7. The monoisotopic (exact) mass is 535 g/mol. The Morgan fingerprint density at radius 1 is 0.925 bits per heavy atom. The fraction of sp³-hybridized carbons (Fsp3) is 0.258. The summed E-state index contributed by atoms with van der Waals surface area (Å²) in [4.78, 5) is 32.3. The third-order valence-corrected chi connectivity index (χ3v) is 7.29. The fourth-order valence-corrected chi connectivity index (χ4v) is 5.02. The average Bonchev–Trinajstić information content (AvgIpc) is 3.68. The van der Waals surface area contributed by atoms with Gasteiger partial charge in [-0.05, 0) is 41.1 Å². The molecule has 0 spiro atoms. The van der Waals surface area contributed by atoms with Gasteiger partial charge in [-0.3, -0.25) is 9.59 Å². The minimum atomic E-state index is -0.694. The van der Waals surface area contributed by atoms with Crippen molar-refractivity contribution in [2.24, 2.45) is 0 Å².